The van der Waals surface area contributed by atoms with Gasteiger partial charge >= 0.3 is 5.97 Å². The number of benzene rings is 1. The summed E-state index contributed by atoms with van der Waals surface area (Å²) in [6.45, 7) is 4.51. The zero-order valence-electron chi connectivity index (χ0n) is 20.9. The summed E-state index contributed by atoms with van der Waals surface area (Å²) in [5.41, 5.74) is 7.54. The zero-order chi connectivity index (χ0) is 25.0. The third-order valence-electron chi connectivity index (χ3n) is 8.77. The highest BCUT2D eigenvalue weighted by molar-refractivity contribution is 6.02. The van der Waals surface area contributed by atoms with Crippen molar-refractivity contribution in [2.45, 2.75) is 51.6 Å². The molecule has 0 spiro atoms. The van der Waals surface area contributed by atoms with E-state index in [4.69, 9.17) is 0 Å². The Morgan fingerprint density at radius 3 is 2.72 bits per heavy atom. The molecule has 0 saturated heterocycles. The van der Waals surface area contributed by atoms with Gasteiger partial charge in [-0.15, -0.1) is 0 Å². The van der Waals surface area contributed by atoms with Crippen molar-refractivity contribution in [3.63, 3.8) is 0 Å². The van der Waals surface area contributed by atoms with Gasteiger partial charge in [0.1, 0.15) is 11.5 Å². The average Bonchev–Trinajstić information content (AvgIpc) is 3.20. The van der Waals surface area contributed by atoms with E-state index in [0.717, 1.165) is 85.3 Å². The summed E-state index contributed by atoms with van der Waals surface area (Å²) in [7, 11) is 2.07. The second-order valence-corrected chi connectivity index (χ2v) is 10.7. The van der Waals surface area contributed by atoms with Crippen molar-refractivity contribution >= 4 is 28.3 Å². The monoisotopic (exact) mass is 488 g/mol. The molecule has 1 aromatic carbocycles. The summed E-state index contributed by atoms with van der Waals surface area (Å²) >= 11 is 0. The summed E-state index contributed by atoms with van der Waals surface area (Å²) in [4.78, 5) is 24.4. The number of carboxylic acids is 1. The van der Waals surface area contributed by atoms with Crippen LogP contribution in [0.25, 0.3) is 27.7 Å². The van der Waals surface area contributed by atoms with Gasteiger partial charge in [0.2, 0.25) is 0 Å². The summed E-state index contributed by atoms with van der Waals surface area (Å²) in [6, 6.07) is 7.57. The highest BCUT2D eigenvalue weighted by Gasteiger charge is 2.32. The molecule has 6 rings (SSSR count). The lowest BCUT2D eigenvalue weighted by Gasteiger charge is -2.39. The standard InChI is InChI=1S/C29H33FN4O2/c1-17(29(35)36)18-3-6-21(7-4-18)34-13-10-19(11-14-34)27-24-16-33(2)25-8-5-20(30)15-23(25)22-9-12-31-28(32-27)26(22)24/h5,8-10,12,15,17-18,21H,3-4,6-7,11,13-14,16H2,1-2H3,(H,31,32)(H,35,36)/t17?,18-,21-. The number of hydrogen-bond acceptors (Lipinski definition) is 4. The molecule has 2 aliphatic heterocycles. The number of aromatic nitrogens is 2. The SMILES string of the molecule is CC(C(=O)O)[C@H]1CC[C@H](N2CC=C(c3[nH]c4nccc5c4c3CN(C)c3ccc(F)cc3-5)CC2)CC1. The third kappa shape index (κ3) is 3.90. The first-order valence-electron chi connectivity index (χ1n) is 13.1. The van der Waals surface area contributed by atoms with Gasteiger partial charge in [0.25, 0.3) is 0 Å². The average molecular weight is 489 g/mol. The minimum atomic E-state index is -0.668. The summed E-state index contributed by atoms with van der Waals surface area (Å²) in [5.74, 6) is -0.845. The lowest BCUT2D eigenvalue weighted by Crippen LogP contribution is -2.41. The second kappa shape index (κ2) is 9.04. The van der Waals surface area contributed by atoms with Crippen LogP contribution < -0.4 is 4.90 Å². The normalized spacial score (nSPS) is 23.2. The molecule has 1 atom stereocenters. The first-order chi connectivity index (χ1) is 17.4. The zero-order valence-corrected chi connectivity index (χ0v) is 20.9. The van der Waals surface area contributed by atoms with Crippen LogP contribution in [0.2, 0.25) is 0 Å². The minimum Gasteiger partial charge on any atom is -0.481 e. The van der Waals surface area contributed by atoms with Gasteiger partial charge in [0.15, 0.2) is 0 Å². The predicted octanol–water partition coefficient (Wildman–Crippen LogP) is 5.69. The summed E-state index contributed by atoms with van der Waals surface area (Å²) in [5, 5.41) is 10.4. The number of anilines is 1. The fraction of sp³-hybridized carbons (Fsp3) is 0.448. The number of H-pyrrole nitrogens is 1. The van der Waals surface area contributed by atoms with Crippen LogP contribution in [0.1, 0.15) is 50.3 Å². The lowest BCUT2D eigenvalue weighted by molar-refractivity contribution is -0.143. The van der Waals surface area contributed by atoms with Crippen LogP contribution in [0.4, 0.5) is 10.1 Å². The van der Waals surface area contributed by atoms with E-state index < -0.39 is 5.97 Å². The van der Waals surface area contributed by atoms with Crippen LogP contribution in [0.5, 0.6) is 0 Å². The molecule has 6 nitrogen and oxygen atoms in total. The molecule has 0 bridgehead atoms. The topological polar surface area (TPSA) is 72.5 Å². The Labute approximate surface area is 210 Å². The molecule has 7 heteroatoms. The minimum absolute atomic E-state index is 0.229. The van der Waals surface area contributed by atoms with Gasteiger partial charge < -0.3 is 15.0 Å². The Bertz CT molecular complexity index is 1350. The second-order valence-electron chi connectivity index (χ2n) is 10.7. The molecule has 1 unspecified atom stereocenters. The van der Waals surface area contributed by atoms with Gasteiger partial charge in [-0.3, -0.25) is 9.69 Å². The molecule has 2 N–H and O–H groups in total. The van der Waals surface area contributed by atoms with E-state index in [-0.39, 0.29) is 11.7 Å². The quantitative estimate of drug-likeness (QED) is 0.494. The van der Waals surface area contributed by atoms with Crippen molar-refractivity contribution in [2.24, 2.45) is 11.8 Å². The van der Waals surface area contributed by atoms with Gasteiger partial charge in [0.05, 0.1) is 5.92 Å². The molecular weight excluding hydrogens is 455 g/mol. The van der Waals surface area contributed by atoms with Crippen molar-refractivity contribution < 1.29 is 14.3 Å². The Balaban J connectivity index is 1.26. The maximum Gasteiger partial charge on any atom is 0.306 e. The molecule has 1 fully saturated rings. The first-order valence-corrected chi connectivity index (χ1v) is 13.1. The third-order valence-corrected chi connectivity index (χ3v) is 8.77. The Morgan fingerprint density at radius 1 is 1.19 bits per heavy atom. The summed E-state index contributed by atoms with van der Waals surface area (Å²) in [6.07, 6.45) is 9.28. The first kappa shape index (κ1) is 23.2. The molecule has 188 valence electrons. The van der Waals surface area contributed by atoms with E-state index in [0.29, 0.717) is 12.0 Å². The molecule has 36 heavy (non-hydrogen) atoms. The van der Waals surface area contributed by atoms with E-state index in [1.54, 1.807) is 12.3 Å². The van der Waals surface area contributed by atoms with Crippen LogP contribution in [-0.2, 0) is 11.3 Å². The van der Waals surface area contributed by atoms with Crippen molar-refractivity contribution in [2.75, 3.05) is 25.0 Å². The van der Waals surface area contributed by atoms with E-state index in [1.807, 2.05) is 19.1 Å². The predicted molar refractivity (Wildman–Crippen MR) is 140 cm³/mol. The highest BCUT2D eigenvalue weighted by atomic mass is 19.1. The van der Waals surface area contributed by atoms with Gasteiger partial charge in [-0.05, 0) is 73.4 Å². The van der Waals surface area contributed by atoms with E-state index in [9.17, 15) is 14.3 Å². The van der Waals surface area contributed by atoms with E-state index in [2.05, 4.69) is 32.9 Å². The lowest BCUT2D eigenvalue weighted by atomic mass is 9.78. The van der Waals surface area contributed by atoms with Crippen LogP contribution >= 0.6 is 0 Å². The van der Waals surface area contributed by atoms with Gasteiger partial charge in [-0.2, -0.15) is 0 Å². The number of nitrogens with one attached hydrogen (secondary N) is 1. The number of halogens is 1. The van der Waals surface area contributed by atoms with Gasteiger partial charge in [-0.1, -0.05) is 13.0 Å². The molecular formula is C29H33FN4O2. The number of carboxylic acid groups (broad SMARTS) is 1. The summed E-state index contributed by atoms with van der Waals surface area (Å²) < 4.78 is 14.2. The Kier molecular flexibility index (Phi) is 5.83. The Morgan fingerprint density at radius 2 is 2.00 bits per heavy atom. The van der Waals surface area contributed by atoms with Crippen LogP contribution in [0.15, 0.2) is 36.5 Å². The molecule has 0 radical (unpaired) electrons. The number of aliphatic carboxylic acids is 1. The van der Waals surface area contributed by atoms with Crippen molar-refractivity contribution in [3.05, 3.63) is 53.6 Å². The highest BCUT2D eigenvalue weighted by Crippen LogP contribution is 2.43. The van der Waals surface area contributed by atoms with Crippen LogP contribution in [0, 0.1) is 17.7 Å². The van der Waals surface area contributed by atoms with Gasteiger partial charge in [0, 0.05) is 66.8 Å². The van der Waals surface area contributed by atoms with Crippen molar-refractivity contribution in [1.82, 2.24) is 14.9 Å². The smallest absolute Gasteiger partial charge is 0.306 e. The maximum absolute atomic E-state index is 14.2. The number of carbonyl (C=O) groups is 1. The van der Waals surface area contributed by atoms with Crippen molar-refractivity contribution in [3.8, 4) is 11.1 Å². The number of aromatic amines is 1. The maximum atomic E-state index is 14.2. The number of pyridine rings is 1. The molecule has 3 aliphatic rings. The Hall–Kier alpha value is -3.19. The molecule has 1 aliphatic carbocycles. The largest absolute Gasteiger partial charge is 0.481 e. The molecule has 2 aromatic heterocycles. The number of rotatable bonds is 4. The fourth-order valence-corrected chi connectivity index (χ4v) is 6.63. The fourth-order valence-electron chi connectivity index (χ4n) is 6.63. The number of fused-ring (bicyclic) bond motifs is 2. The number of hydrogen-bond donors (Lipinski definition) is 2. The number of nitrogens with zero attached hydrogens (tertiary/aromatic N) is 3. The van der Waals surface area contributed by atoms with Crippen molar-refractivity contribution in [1.29, 1.82) is 0 Å². The molecule has 3 aromatic rings. The van der Waals surface area contributed by atoms with E-state index >= 15 is 0 Å². The van der Waals surface area contributed by atoms with E-state index in [1.165, 1.54) is 17.2 Å². The van der Waals surface area contributed by atoms with Crippen LogP contribution in [0.3, 0.4) is 0 Å². The molecule has 0 amide bonds. The van der Waals surface area contributed by atoms with Gasteiger partial charge in [-0.25, -0.2) is 9.37 Å². The molecule has 1 saturated carbocycles. The van der Waals surface area contributed by atoms with Crippen LogP contribution in [-0.4, -0.2) is 52.1 Å². The molecule has 4 heterocycles.